The Labute approximate surface area is 92.9 Å². The summed E-state index contributed by atoms with van der Waals surface area (Å²) >= 11 is 0. The third-order valence-corrected chi connectivity index (χ3v) is 2.23. The van der Waals surface area contributed by atoms with Crippen molar-refractivity contribution in [1.82, 2.24) is 16.2 Å². The largest absolute Gasteiger partial charge is 0.383 e. The van der Waals surface area contributed by atoms with E-state index in [1.165, 1.54) is 0 Å². The lowest BCUT2D eigenvalue weighted by Crippen LogP contribution is -2.28. The molecule has 1 heterocycles. The first kappa shape index (κ1) is 12.4. The van der Waals surface area contributed by atoms with Crippen LogP contribution >= 0.6 is 0 Å². The van der Waals surface area contributed by atoms with Gasteiger partial charge in [-0.2, -0.15) is 0 Å². The molecular formula is C9H15N3O4. The Morgan fingerprint density at radius 1 is 1.38 bits per heavy atom. The van der Waals surface area contributed by atoms with Gasteiger partial charge in [0, 0.05) is 20.1 Å². The molecule has 1 fully saturated rings. The molecule has 0 spiro atoms. The predicted molar refractivity (Wildman–Crippen MR) is 53.9 cm³/mol. The van der Waals surface area contributed by atoms with Crippen LogP contribution in [0.5, 0.6) is 0 Å². The average molecular weight is 229 g/mol. The zero-order valence-corrected chi connectivity index (χ0v) is 9.04. The maximum atomic E-state index is 11.3. The van der Waals surface area contributed by atoms with Crippen LogP contribution in [0.1, 0.15) is 12.8 Å². The van der Waals surface area contributed by atoms with Gasteiger partial charge in [-0.1, -0.05) is 0 Å². The fourth-order valence-electron chi connectivity index (χ4n) is 1.34. The van der Waals surface area contributed by atoms with Crippen LogP contribution in [0.25, 0.3) is 0 Å². The summed E-state index contributed by atoms with van der Waals surface area (Å²) in [5.41, 5.74) is 4.41. The molecule has 0 bridgehead atoms. The molecule has 1 rings (SSSR count). The molecule has 0 aromatic carbocycles. The number of carbonyl (C=O) groups is 3. The summed E-state index contributed by atoms with van der Waals surface area (Å²) in [7, 11) is 1.54. The van der Waals surface area contributed by atoms with Crippen LogP contribution in [0.4, 0.5) is 0 Å². The molecular weight excluding hydrogens is 214 g/mol. The van der Waals surface area contributed by atoms with Gasteiger partial charge in [-0.15, -0.1) is 0 Å². The SMILES string of the molecule is COCCNC(=O)CCC1C(=O)NNC1=O. The number of carbonyl (C=O) groups excluding carboxylic acids is 3. The van der Waals surface area contributed by atoms with E-state index in [1.807, 2.05) is 0 Å². The molecule has 90 valence electrons. The van der Waals surface area contributed by atoms with E-state index in [-0.39, 0.29) is 30.6 Å². The van der Waals surface area contributed by atoms with Crippen molar-refractivity contribution in [2.45, 2.75) is 12.8 Å². The van der Waals surface area contributed by atoms with Gasteiger partial charge in [-0.05, 0) is 6.42 Å². The first-order valence-corrected chi connectivity index (χ1v) is 5.00. The fourth-order valence-corrected chi connectivity index (χ4v) is 1.34. The lowest BCUT2D eigenvalue weighted by Gasteiger charge is -2.05. The molecule has 1 aliphatic heterocycles. The highest BCUT2D eigenvalue weighted by Crippen LogP contribution is 2.10. The van der Waals surface area contributed by atoms with Crippen LogP contribution < -0.4 is 16.2 Å². The van der Waals surface area contributed by atoms with Crippen LogP contribution in [0, 0.1) is 5.92 Å². The van der Waals surface area contributed by atoms with Crippen molar-refractivity contribution in [3.05, 3.63) is 0 Å². The first-order valence-electron chi connectivity index (χ1n) is 5.00. The Morgan fingerprint density at radius 3 is 2.56 bits per heavy atom. The highest BCUT2D eigenvalue weighted by atomic mass is 16.5. The molecule has 0 aliphatic carbocycles. The molecule has 0 radical (unpaired) electrons. The maximum absolute atomic E-state index is 11.3. The molecule has 1 saturated heterocycles. The van der Waals surface area contributed by atoms with Crippen LogP contribution in [0.2, 0.25) is 0 Å². The van der Waals surface area contributed by atoms with Crippen molar-refractivity contribution in [2.24, 2.45) is 5.92 Å². The molecule has 3 N–H and O–H groups in total. The molecule has 0 atom stereocenters. The van der Waals surface area contributed by atoms with Crippen molar-refractivity contribution >= 4 is 17.7 Å². The van der Waals surface area contributed by atoms with E-state index in [2.05, 4.69) is 16.2 Å². The summed E-state index contributed by atoms with van der Waals surface area (Å²) in [6.45, 7) is 0.870. The molecule has 0 saturated carbocycles. The van der Waals surface area contributed by atoms with Crippen molar-refractivity contribution in [3.63, 3.8) is 0 Å². The molecule has 16 heavy (non-hydrogen) atoms. The van der Waals surface area contributed by atoms with Crippen molar-refractivity contribution in [3.8, 4) is 0 Å². The number of hydrogen-bond acceptors (Lipinski definition) is 4. The van der Waals surface area contributed by atoms with Gasteiger partial charge in [0.25, 0.3) is 11.8 Å². The second-order valence-electron chi connectivity index (χ2n) is 3.41. The van der Waals surface area contributed by atoms with Gasteiger partial charge in [0.1, 0.15) is 5.92 Å². The van der Waals surface area contributed by atoms with Crippen LogP contribution in [0.3, 0.4) is 0 Å². The Kier molecular flexibility index (Phi) is 4.71. The Bertz CT molecular complexity index is 276. The molecule has 7 heteroatoms. The van der Waals surface area contributed by atoms with Gasteiger partial charge in [-0.25, -0.2) is 0 Å². The highest BCUT2D eigenvalue weighted by Gasteiger charge is 2.32. The monoisotopic (exact) mass is 229 g/mol. The number of ether oxygens (including phenoxy) is 1. The third kappa shape index (κ3) is 3.50. The minimum absolute atomic E-state index is 0.148. The summed E-state index contributed by atoms with van der Waals surface area (Å²) in [4.78, 5) is 33.5. The van der Waals surface area contributed by atoms with Crippen molar-refractivity contribution in [2.75, 3.05) is 20.3 Å². The van der Waals surface area contributed by atoms with E-state index in [4.69, 9.17) is 4.74 Å². The number of hydrazine groups is 1. The predicted octanol–water partition coefficient (Wildman–Crippen LogP) is -1.69. The minimum atomic E-state index is -0.756. The zero-order valence-electron chi connectivity index (χ0n) is 9.04. The summed E-state index contributed by atoms with van der Waals surface area (Å²) in [5.74, 6) is -1.71. The van der Waals surface area contributed by atoms with E-state index < -0.39 is 5.92 Å². The lowest BCUT2D eigenvalue weighted by atomic mass is 10.0. The Morgan fingerprint density at radius 2 is 2.00 bits per heavy atom. The fraction of sp³-hybridized carbons (Fsp3) is 0.667. The van der Waals surface area contributed by atoms with E-state index in [0.717, 1.165) is 0 Å². The van der Waals surface area contributed by atoms with E-state index in [9.17, 15) is 14.4 Å². The molecule has 3 amide bonds. The zero-order chi connectivity index (χ0) is 12.0. The number of nitrogens with one attached hydrogen (secondary N) is 3. The van der Waals surface area contributed by atoms with Crippen molar-refractivity contribution < 1.29 is 19.1 Å². The number of methoxy groups -OCH3 is 1. The summed E-state index contributed by atoms with van der Waals surface area (Å²) in [6.07, 6.45) is 0.367. The molecule has 1 aliphatic rings. The molecule has 0 unspecified atom stereocenters. The van der Waals surface area contributed by atoms with E-state index >= 15 is 0 Å². The van der Waals surface area contributed by atoms with Gasteiger partial charge in [0.15, 0.2) is 0 Å². The normalized spacial score (nSPS) is 15.8. The number of amides is 3. The summed E-state index contributed by atoms with van der Waals surface area (Å²) in [5, 5.41) is 2.61. The first-order chi connectivity index (χ1) is 7.65. The van der Waals surface area contributed by atoms with Gasteiger partial charge in [-0.3, -0.25) is 25.2 Å². The topological polar surface area (TPSA) is 96.5 Å². The van der Waals surface area contributed by atoms with Crippen molar-refractivity contribution in [1.29, 1.82) is 0 Å². The van der Waals surface area contributed by atoms with Gasteiger partial charge >= 0.3 is 0 Å². The molecule has 0 aromatic rings. The quantitative estimate of drug-likeness (QED) is 0.374. The summed E-state index contributed by atoms with van der Waals surface area (Å²) < 4.78 is 4.76. The lowest BCUT2D eigenvalue weighted by molar-refractivity contribution is -0.128. The molecule has 0 aromatic heterocycles. The number of rotatable bonds is 6. The van der Waals surface area contributed by atoms with Crippen LogP contribution in [0.15, 0.2) is 0 Å². The third-order valence-electron chi connectivity index (χ3n) is 2.23. The smallest absolute Gasteiger partial charge is 0.251 e. The Hall–Kier alpha value is -1.63. The van der Waals surface area contributed by atoms with Gasteiger partial charge in [0.2, 0.25) is 5.91 Å². The second-order valence-corrected chi connectivity index (χ2v) is 3.41. The number of hydrogen-bond donors (Lipinski definition) is 3. The van der Waals surface area contributed by atoms with Gasteiger partial charge < -0.3 is 10.1 Å². The second kappa shape index (κ2) is 6.06. The minimum Gasteiger partial charge on any atom is -0.383 e. The Balaban J connectivity index is 2.21. The van der Waals surface area contributed by atoms with E-state index in [0.29, 0.717) is 13.2 Å². The van der Waals surface area contributed by atoms with E-state index in [1.54, 1.807) is 7.11 Å². The standard InChI is InChI=1S/C9H15N3O4/c1-16-5-4-10-7(13)3-2-6-8(14)11-12-9(6)15/h6H,2-5H2,1H3,(H,10,13)(H,11,14)(H,12,15). The van der Waals surface area contributed by atoms with Gasteiger partial charge in [0.05, 0.1) is 6.61 Å². The highest BCUT2D eigenvalue weighted by molar-refractivity contribution is 6.05. The maximum Gasteiger partial charge on any atom is 0.251 e. The molecule has 7 nitrogen and oxygen atoms in total. The van der Waals surface area contributed by atoms with Crippen LogP contribution in [-0.2, 0) is 19.1 Å². The van der Waals surface area contributed by atoms with Crippen LogP contribution in [-0.4, -0.2) is 38.0 Å². The summed E-state index contributed by atoms with van der Waals surface area (Å²) in [6, 6.07) is 0. The average Bonchev–Trinajstić information content (AvgIpc) is 2.57.